The van der Waals surface area contributed by atoms with Crippen LogP contribution in [0.15, 0.2) is 24.3 Å². The summed E-state index contributed by atoms with van der Waals surface area (Å²) in [7, 11) is 0. The van der Waals surface area contributed by atoms with Crippen LogP contribution < -0.4 is 5.32 Å². The van der Waals surface area contributed by atoms with Crippen LogP contribution in [-0.4, -0.2) is 43.8 Å². The number of hydrogen-bond acceptors (Lipinski definition) is 4. The monoisotopic (exact) mass is 369 g/mol. The van der Waals surface area contributed by atoms with Crippen molar-refractivity contribution in [2.75, 3.05) is 6.54 Å². The van der Waals surface area contributed by atoms with Gasteiger partial charge in [0.25, 0.3) is 5.91 Å². The van der Waals surface area contributed by atoms with Crippen molar-refractivity contribution in [1.82, 2.24) is 25.2 Å². The van der Waals surface area contributed by atoms with Crippen LogP contribution in [0.2, 0.25) is 0 Å². The number of benzene rings is 1. The summed E-state index contributed by atoms with van der Waals surface area (Å²) >= 11 is 0. The lowest BCUT2D eigenvalue weighted by Crippen LogP contribution is -2.49. The van der Waals surface area contributed by atoms with Crippen LogP contribution in [-0.2, 0) is 4.79 Å². The molecular formula is C20H27N5O2. The number of aromatic nitrogens is 3. The summed E-state index contributed by atoms with van der Waals surface area (Å²) in [6.45, 7) is 12.1. The highest BCUT2D eigenvalue weighted by Crippen LogP contribution is 2.34. The van der Waals surface area contributed by atoms with Crippen LogP contribution in [0.1, 0.15) is 62.4 Å². The molecule has 0 fully saturated rings. The number of para-hydroxylation sites is 1. The Morgan fingerprint density at radius 3 is 2.56 bits per heavy atom. The molecule has 1 unspecified atom stereocenters. The van der Waals surface area contributed by atoms with Crippen LogP contribution >= 0.6 is 0 Å². The molecule has 3 rings (SSSR count). The Labute approximate surface area is 159 Å². The topological polar surface area (TPSA) is 80.1 Å². The van der Waals surface area contributed by atoms with E-state index in [1.54, 1.807) is 16.5 Å². The van der Waals surface area contributed by atoms with E-state index < -0.39 is 11.6 Å². The van der Waals surface area contributed by atoms with Crippen molar-refractivity contribution in [1.29, 1.82) is 0 Å². The fourth-order valence-corrected chi connectivity index (χ4v) is 3.41. The highest BCUT2D eigenvalue weighted by molar-refractivity contribution is 5.99. The zero-order chi connectivity index (χ0) is 19.9. The molecule has 27 heavy (non-hydrogen) atoms. The molecule has 2 amide bonds. The highest BCUT2D eigenvalue weighted by Gasteiger charge is 2.40. The van der Waals surface area contributed by atoms with E-state index in [4.69, 9.17) is 0 Å². The Balaban J connectivity index is 2.23. The van der Waals surface area contributed by atoms with Crippen LogP contribution in [0, 0.1) is 12.8 Å². The zero-order valence-corrected chi connectivity index (χ0v) is 16.8. The third-order valence-corrected chi connectivity index (χ3v) is 4.38. The van der Waals surface area contributed by atoms with Crippen molar-refractivity contribution in [3.63, 3.8) is 0 Å². The summed E-state index contributed by atoms with van der Waals surface area (Å²) in [5, 5.41) is 11.3. The summed E-state index contributed by atoms with van der Waals surface area (Å²) in [6, 6.07) is 6.78. The number of nitrogens with zero attached hydrogens (tertiary/aromatic N) is 4. The van der Waals surface area contributed by atoms with Gasteiger partial charge in [0.15, 0.2) is 5.69 Å². The number of nitrogens with one attached hydrogen (secondary N) is 1. The molecule has 1 N–H and O–H groups in total. The number of rotatable bonds is 3. The average Bonchev–Trinajstić information content (AvgIpc) is 2.89. The Bertz CT molecular complexity index is 879. The molecule has 1 aromatic heterocycles. The molecule has 1 aliphatic rings. The zero-order valence-electron chi connectivity index (χ0n) is 16.8. The number of hydrogen-bond donors (Lipinski definition) is 1. The minimum atomic E-state index is -0.726. The van der Waals surface area contributed by atoms with Gasteiger partial charge in [0.2, 0.25) is 5.91 Å². The molecule has 0 bridgehead atoms. The van der Waals surface area contributed by atoms with Gasteiger partial charge < -0.3 is 10.2 Å². The molecule has 0 saturated heterocycles. The van der Waals surface area contributed by atoms with E-state index >= 15 is 0 Å². The Morgan fingerprint density at radius 1 is 1.26 bits per heavy atom. The maximum atomic E-state index is 13.4. The van der Waals surface area contributed by atoms with E-state index in [0.29, 0.717) is 23.6 Å². The molecule has 1 atom stereocenters. The van der Waals surface area contributed by atoms with Crippen molar-refractivity contribution in [3.8, 4) is 5.69 Å². The number of aryl methyl sites for hydroxylation is 1. The molecule has 1 aromatic carbocycles. The summed E-state index contributed by atoms with van der Waals surface area (Å²) in [4.78, 5) is 28.4. The number of fused-ring (bicyclic) bond motifs is 3. The van der Waals surface area contributed by atoms with Crippen LogP contribution in [0.25, 0.3) is 5.69 Å². The van der Waals surface area contributed by atoms with Gasteiger partial charge in [0, 0.05) is 17.6 Å². The van der Waals surface area contributed by atoms with E-state index in [-0.39, 0.29) is 17.7 Å². The maximum Gasteiger partial charge on any atom is 0.275 e. The van der Waals surface area contributed by atoms with E-state index in [1.807, 2.05) is 58.9 Å². The van der Waals surface area contributed by atoms with Gasteiger partial charge in [-0.05, 0) is 39.7 Å². The highest BCUT2D eigenvalue weighted by atomic mass is 16.2. The number of carbonyl (C=O) groups is 2. The van der Waals surface area contributed by atoms with Gasteiger partial charge >= 0.3 is 0 Å². The smallest absolute Gasteiger partial charge is 0.275 e. The first-order valence-electron chi connectivity index (χ1n) is 9.24. The first-order valence-corrected chi connectivity index (χ1v) is 9.24. The molecule has 0 aliphatic carbocycles. The first kappa shape index (κ1) is 19.1. The van der Waals surface area contributed by atoms with E-state index in [2.05, 4.69) is 15.6 Å². The third-order valence-electron chi connectivity index (χ3n) is 4.38. The van der Waals surface area contributed by atoms with Crippen LogP contribution in [0.3, 0.4) is 0 Å². The number of carbonyl (C=O) groups excluding carboxylic acids is 2. The normalized spacial score (nSPS) is 16.8. The standard InChI is InChI=1S/C20H27N5O2/c1-12(2)11-24-17(18(26)21-20(4,5)6)14-9-7-8-10-15(14)25-16(19(24)27)13(3)22-23-25/h7-10,12,17H,11H2,1-6H3,(H,21,26). The lowest BCUT2D eigenvalue weighted by atomic mass is 9.99. The predicted molar refractivity (Wildman–Crippen MR) is 103 cm³/mol. The maximum absolute atomic E-state index is 13.4. The van der Waals surface area contributed by atoms with E-state index in [1.165, 1.54) is 0 Å². The summed E-state index contributed by atoms with van der Waals surface area (Å²) in [5.74, 6) is -0.217. The van der Waals surface area contributed by atoms with Gasteiger partial charge in [-0.25, -0.2) is 4.68 Å². The van der Waals surface area contributed by atoms with Gasteiger partial charge in [-0.15, -0.1) is 5.10 Å². The second-order valence-corrected chi connectivity index (χ2v) is 8.49. The minimum Gasteiger partial charge on any atom is -0.349 e. The van der Waals surface area contributed by atoms with Gasteiger partial charge in [-0.1, -0.05) is 37.3 Å². The second kappa shape index (κ2) is 6.79. The lowest BCUT2D eigenvalue weighted by Gasteiger charge is -2.33. The van der Waals surface area contributed by atoms with Crippen LogP contribution in [0.4, 0.5) is 0 Å². The molecule has 1 aliphatic heterocycles. The van der Waals surface area contributed by atoms with Gasteiger partial charge in [-0.2, -0.15) is 0 Å². The Morgan fingerprint density at radius 2 is 1.93 bits per heavy atom. The summed E-state index contributed by atoms with van der Waals surface area (Å²) in [6.07, 6.45) is 0. The molecule has 2 heterocycles. The quantitative estimate of drug-likeness (QED) is 0.902. The van der Waals surface area contributed by atoms with Crippen molar-refractivity contribution >= 4 is 11.8 Å². The van der Waals surface area contributed by atoms with Crippen molar-refractivity contribution in [2.45, 2.75) is 53.1 Å². The summed E-state index contributed by atoms with van der Waals surface area (Å²) in [5.41, 5.74) is 2.02. The van der Waals surface area contributed by atoms with Gasteiger partial charge in [0.05, 0.1) is 11.4 Å². The summed E-state index contributed by atoms with van der Waals surface area (Å²) < 4.78 is 1.56. The Hall–Kier alpha value is -2.70. The van der Waals surface area contributed by atoms with Gasteiger partial charge in [-0.3, -0.25) is 9.59 Å². The molecule has 0 radical (unpaired) electrons. The average molecular weight is 369 g/mol. The molecule has 0 spiro atoms. The van der Waals surface area contributed by atoms with Crippen molar-refractivity contribution < 1.29 is 9.59 Å². The van der Waals surface area contributed by atoms with Crippen LogP contribution in [0.5, 0.6) is 0 Å². The second-order valence-electron chi connectivity index (χ2n) is 8.49. The lowest BCUT2D eigenvalue weighted by molar-refractivity contribution is -0.127. The molecule has 7 heteroatoms. The molecule has 7 nitrogen and oxygen atoms in total. The Kier molecular flexibility index (Phi) is 4.80. The van der Waals surface area contributed by atoms with Crippen molar-refractivity contribution in [3.05, 3.63) is 41.2 Å². The fourth-order valence-electron chi connectivity index (χ4n) is 3.41. The number of amides is 2. The molecule has 0 saturated carbocycles. The molecule has 144 valence electrons. The van der Waals surface area contributed by atoms with E-state index in [0.717, 1.165) is 5.56 Å². The molecule has 2 aromatic rings. The minimum absolute atomic E-state index is 0.194. The van der Waals surface area contributed by atoms with E-state index in [9.17, 15) is 9.59 Å². The predicted octanol–water partition coefficient (Wildman–Crippen LogP) is 2.64. The third kappa shape index (κ3) is 3.59. The SMILES string of the molecule is Cc1nnn2c1C(=O)N(CC(C)C)C(C(=O)NC(C)(C)C)c1ccccc1-2. The van der Waals surface area contributed by atoms with Gasteiger partial charge in [0.1, 0.15) is 6.04 Å². The largest absolute Gasteiger partial charge is 0.349 e. The first-order chi connectivity index (χ1) is 12.6. The fraction of sp³-hybridized carbons (Fsp3) is 0.500. The molecular weight excluding hydrogens is 342 g/mol. The van der Waals surface area contributed by atoms with Crippen molar-refractivity contribution in [2.24, 2.45) is 5.92 Å².